The minimum absolute atomic E-state index is 0.0544. The van der Waals surface area contributed by atoms with Gasteiger partial charge in [0.2, 0.25) is 0 Å². The molecule has 0 saturated heterocycles. The molecule has 0 aromatic carbocycles. The molecule has 1 heteroatoms. The Bertz CT molecular complexity index is 195. The van der Waals surface area contributed by atoms with E-state index in [4.69, 9.17) is 0 Å². The molecule has 0 aromatic rings. The van der Waals surface area contributed by atoms with Crippen LogP contribution in [0.3, 0.4) is 0 Å². The van der Waals surface area contributed by atoms with E-state index in [0.29, 0.717) is 5.92 Å². The van der Waals surface area contributed by atoms with Gasteiger partial charge in [-0.3, -0.25) is 0 Å². The van der Waals surface area contributed by atoms with Gasteiger partial charge in [-0.1, -0.05) is 19.3 Å². The fraction of sp³-hybridized carbons (Fsp3) is 1.00. The third-order valence-corrected chi connectivity index (χ3v) is 4.62. The van der Waals surface area contributed by atoms with Crippen LogP contribution in [-0.2, 0) is 0 Å². The average molecular weight is 180 g/mol. The first-order valence-corrected chi connectivity index (χ1v) is 5.96. The Morgan fingerprint density at radius 2 is 1.92 bits per heavy atom. The fourth-order valence-corrected chi connectivity index (χ4v) is 3.30. The van der Waals surface area contributed by atoms with Crippen molar-refractivity contribution in [3.8, 4) is 0 Å². The highest BCUT2D eigenvalue weighted by Crippen LogP contribution is 2.60. The molecule has 1 N–H and O–H groups in total. The summed E-state index contributed by atoms with van der Waals surface area (Å²) < 4.78 is 0. The summed E-state index contributed by atoms with van der Waals surface area (Å²) in [4.78, 5) is 0. The SMILES string of the molecule is OC(CC1CC1)C1CC2(CCC2)C1. The molecule has 0 amide bonds. The van der Waals surface area contributed by atoms with Crippen molar-refractivity contribution < 1.29 is 5.11 Å². The van der Waals surface area contributed by atoms with Crippen LogP contribution in [0.25, 0.3) is 0 Å². The van der Waals surface area contributed by atoms with E-state index in [1.165, 1.54) is 44.9 Å². The third kappa shape index (κ3) is 1.41. The predicted octanol–water partition coefficient (Wildman–Crippen LogP) is 2.73. The number of aliphatic hydroxyl groups is 1. The van der Waals surface area contributed by atoms with Gasteiger partial charge in [0.1, 0.15) is 0 Å². The second-order valence-electron chi connectivity index (χ2n) is 5.77. The van der Waals surface area contributed by atoms with Gasteiger partial charge in [-0.05, 0) is 49.4 Å². The second-order valence-corrected chi connectivity index (χ2v) is 5.77. The van der Waals surface area contributed by atoms with Crippen LogP contribution in [0.2, 0.25) is 0 Å². The summed E-state index contributed by atoms with van der Waals surface area (Å²) in [7, 11) is 0. The standard InChI is InChI=1S/C12H20O/c13-11(6-9-2-3-9)10-7-12(8-10)4-1-5-12/h9-11,13H,1-8H2. The molecule has 3 saturated carbocycles. The lowest BCUT2D eigenvalue weighted by molar-refractivity contribution is -0.0826. The lowest BCUT2D eigenvalue weighted by atomic mass is 9.50. The van der Waals surface area contributed by atoms with Crippen LogP contribution in [0, 0.1) is 17.3 Å². The predicted molar refractivity (Wildman–Crippen MR) is 52.4 cm³/mol. The maximum Gasteiger partial charge on any atom is 0.0571 e. The molecule has 0 aliphatic heterocycles. The van der Waals surface area contributed by atoms with Gasteiger partial charge in [0.25, 0.3) is 0 Å². The average Bonchev–Trinajstić information content (AvgIpc) is 2.64. The van der Waals surface area contributed by atoms with E-state index in [9.17, 15) is 5.11 Å². The smallest absolute Gasteiger partial charge is 0.0571 e. The zero-order valence-electron chi connectivity index (χ0n) is 8.34. The van der Waals surface area contributed by atoms with Crippen molar-refractivity contribution in [1.29, 1.82) is 0 Å². The molecule has 3 aliphatic carbocycles. The van der Waals surface area contributed by atoms with Crippen LogP contribution in [0.5, 0.6) is 0 Å². The minimum atomic E-state index is 0.0544. The van der Waals surface area contributed by atoms with Gasteiger partial charge in [0, 0.05) is 0 Å². The molecule has 0 heterocycles. The summed E-state index contributed by atoms with van der Waals surface area (Å²) in [6.45, 7) is 0. The molecule has 1 unspecified atom stereocenters. The molecule has 0 aromatic heterocycles. The summed E-state index contributed by atoms with van der Waals surface area (Å²) in [5, 5.41) is 9.93. The van der Waals surface area contributed by atoms with Crippen LogP contribution in [0.4, 0.5) is 0 Å². The first kappa shape index (κ1) is 8.28. The van der Waals surface area contributed by atoms with Crippen molar-refractivity contribution in [3.05, 3.63) is 0 Å². The highest BCUT2D eigenvalue weighted by molar-refractivity contribution is 5.01. The Hall–Kier alpha value is -0.0400. The Labute approximate surface area is 80.5 Å². The lowest BCUT2D eigenvalue weighted by Gasteiger charge is -2.55. The van der Waals surface area contributed by atoms with E-state index in [0.717, 1.165) is 17.8 Å². The van der Waals surface area contributed by atoms with Crippen molar-refractivity contribution in [3.63, 3.8) is 0 Å². The van der Waals surface area contributed by atoms with E-state index >= 15 is 0 Å². The van der Waals surface area contributed by atoms with Crippen LogP contribution in [0.1, 0.15) is 51.4 Å². The van der Waals surface area contributed by atoms with Crippen molar-refractivity contribution >= 4 is 0 Å². The van der Waals surface area contributed by atoms with E-state index in [1.54, 1.807) is 0 Å². The number of hydrogen-bond donors (Lipinski definition) is 1. The number of aliphatic hydroxyl groups excluding tert-OH is 1. The monoisotopic (exact) mass is 180 g/mol. The molecular weight excluding hydrogens is 160 g/mol. The highest BCUT2D eigenvalue weighted by atomic mass is 16.3. The van der Waals surface area contributed by atoms with Gasteiger partial charge in [-0.25, -0.2) is 0 Å². The first-order valence-electron chi connectivity index (χ1n) is 5.96. The van der Waals surface area contributed by atoms with Crippen LogP contribution < -0.4 is 0 Å². The molecule has 1 spiro atoms. The van der Waals surface area contributed by atoms with Crippen molar-refractivity contribution in [2.75, 3.05) is 0 Å². The second kappa shape index (κ2) is 2.73. The largest absolute Gasteiger partial charge is 0.393 e. The maximum atomic E-state index is 9.93. The van der Waals surface area contributed by atoms with Crippen LogP contribution in [-0.4, -0.2) is 11.2 Å². The van der Waals surface area contributed by atoms with Gasteiger partial charge >= 0.3 is 0 Å². The molecule has 13 heavy (non-hydrogen) atoms. The number of hydrogen-bond acceptors (Lipinski definition) is 1. The summed E-state index contributed by atoms with van der Waals surface area (Å²) in [5.74, 6) is 1.58. The van der Waals surface area contributed by atoms with Crippen molar-refractivity contribution in [1.82, 2.24) is 0 Å². The third-order valence-electron chi connectivity index (χ3n) is 4.62. The topological polar surface area (TPSA) is 20.2 Å². The molecule has 74 valence electrons. The highest BCUT2D eigenvalue weighted by Gasteiger charge is 2.50. The Balaban J connectivity index is 1.46. The Morgan fingerprint density at radius 3 is 2.38 bits per heavy atom. The summed E-state index contributed by atoms with van der Waals surface area (Å²) in [5.41, 5.74) is 0.745. The molecule has 3 rings (SSSR count). The van der Waals surface area contributed by atoms with Crippen molar-refractivity contribution in [2.45, 2.75) is 57.5 Å². The van der Waals surface area contributed by atoms with E-state index in [2.05, 4.69) is 0 Å². The number of rotatable bonds is 3. The zero-order chi connectivity index (χ0) is 8.89. The summed E-state index contributed by atoms with van der Waals surface area (Å²) in [6, 6.07) is 0. The van der Waals surface area contributed by atoms with Gasteiger partial charge in [-0.15, -0.1) is 0 Å². The molecular formula is C12H20O. The lowest BCUT2D eigenvalue weighted by Crippen LogP contribution is -2.47. The quantitative estimate of drug-likeness (QED) is 0.708. The summed E-state index contributed by atoms with van der Waals surface area (Å²) in [6.07, 6.45) is 11.0. The van der Waals surface area contributed by atoms with E-state index in [-0.39, 0.29) is 6.10 Å². The normalized spacial score (nSPS) is 33.9. The van der Waals surface area contributed by atoms with Gasteiger partial charge in [0.05, 0.1) is 6.10 Å². The molecule has 3 fully saturated rings. The Morgan fingerprint density at radius 1 is 1.23 bits per heavy atom. The van der Waals surface area contributed by atoms with Gasteiger partial charge < -0.3 is 5.11 Å². The van der Waals surface area contributed by atoms with Gasteiger partial charge in [0.15, 0.2) is 0 Å². The van der Waals surface area contributed by atoms with Crippen molar-refractivity contribution in [2.24, 2.45) is 17.3 Å². The van der Waals surface area contributed by atoms with E-state index in [1.807, 2.05) is 0 Å². The minimum Gasteiger partial charge on any atom is -0.393 e. The summed E-state index contributed by atoms with van der Waals surface area (Å²) >= 11 is 0. The molecule has 0 bridgehead atoms. The van der Waals surface area contributed by atoms with Crippen LogP contribution in [0.15, 0.2) is 0 Å². The fourth-order valence-electron chi connectivity index (χ4n) is 3.30. The van der Waals surface area contributed by atoms with E-state index < -0.39 is 0 Å². The Kier molecular flexibility index (Phi) is 1.74. The first-order chi connectivity index (χ1) is 6.27. The molecule has 3 aliphatic rings. The maximum absolute atomic E-state index is 9.93. The molecule has 0 radical (unpaired) electrons. The van der Waals surface area contributed by atoms with Gasteiger partial charge in [-0.2, -0.15) is 0 Å². The van der Waals surface area contributed by atoms with Crippen LogP contribution >= 0.6 is 0 Å². The molecule has 1 nitrogen and oxygen atoms in total. The zero-order valence-corrected chi connectivity index (χ0v) is 8.34. The molecule has 1 atom stereocenters.